The fourth-order valence-corrected chi connectivity index (χ4v) is 8.91. The smallest absolute Gasteiger partial charge is 0.404 e. The Labute approximate surface area is 195 Å². The number of primary amides is 1. The Kier molecular flexibility index (Phi) is 7.02. The quantitative estimate of drug-likeness (QED) is 0.441. The van der Waals surface area contributed by atoms with E-state index in [9.17, 15) is 9.90 Å². The van der Waals surface area contributed by atoms with E-state index >= 15 is 0 Å². The number of fused-ring (bicyclic) bond motifs is 5. The lowest BCUT2D eigenvalue weighted by molar-refractivity contribution is -0.0573. The first-order chi connectivity index (χ1) is 15.1. The number of hydrogen-bond donors (Lipinski definition) is 2. The number of carbonyl (C=O) groups is 1. The summed E-state index contributed by atoms with van der Waals surface area (Å²) in [5.74, 6) is 4.54. The third kappa shape index (κ3) is 4.38. The molecule has 0 saturated heterocycles. The van der Waals surface area contributed by atoms with Crippen molar-refractivity contribution in [3.8, 4) is 0 Å². The largest absolute Gasteiger partial charge is 0.449 e. The molecule has 4 nitrogen and oxygen atoms in total. The Morgan fingerprint density at radius 2 is 1.94 bits per heavy atom. The zero-order chi connectivity index (χ0) is 23.1. The summed E-state index contributed by atoms with van der Waals surface area (Å²) in [7, 11) is 0. The van der Waals surface area contributed by atoms with E-state index in [1.165, 1.54) is 51.4 Å². The molecule has 0 aromatic heterocycles. The maximum absolute atomic E-state index is 10.8. The monoisotopic (exact) mass is 445 g/mol. The molecule has 2 unspecified atom stereocenters. The fourth-order valence-electron chi connectivity index (χ4n) is 8.91. The minimum atomic E-state index is -0.659. The molecular formula is C28H47NO3. The number of aliphatic hydroxyl groups is 1. The summed E-state index contributed by atoms with van der Waals surface area (Å²) in [5, 5.41) is 10.2. The molecule has 3 saturated carbocycles. The lowest BCUT2D eigenvalue weighted by Crippen LogP contribution is -2.50. The number of aliphatic hydroxyl groups excluding tert-OH is 1. The van der Waals surface area contributed by atoms with Gasteiger partial charge >= 0.3 is 6.09 Å². The molecule has 1 amide bonds. The first-order valence-electron chi connectivity index (χ1n) is 13.4. The van der Waals surface area contributed by atoms with Crippen molar-refractivity contribution in [2.75, 3.05) is 6.61 Å². The van der Waals surface area contributed by atoms with Crippen LogP contribution in [0.15, 0.2) is 11.6 Å². The Hall–Kier alpha value is -1.03. The van der Waals surface area contributed by atoms with E-state index in [0.717, 1.165) is 48.9 Å². The van der Waals surface area contributed by atoms with Crippen molar-refractivity contribution in [3.05, 3.63) is 11.6 Å². The maximum atomic E-state index is 10.8. The first-order valence-corrected chi connectivity index (χ1v) is 13.4. The number of carbonyl (C=O) groups excluding carboxylic acids is 1. The van der Waals surface area contributed by atoms with Crippen LogP contribution in [0.1, 0.15) is 98.3 Å². The summed E-state index contributed by atoms with van der Waals surface area (Å²) in [6.07, 6.45) is 15.3. The highest BCUT2D eigenvalue weighted by molar-refractivity contribution is 5.64. The number of hydrogen-bond acceptors (Lipinski definition) is 3. The zero-order valence-corrected chi connectivity index (χ0v) is 20.9. The summed E-state index contributed by atoms with van der Waals surface area (Å²) >= 11 is 0. The van der Waals surface area contributed by atoms with Gasteiger partial charge < -0.3 is 15.6 Å². The molecule has 3 fully saturated rings. The maximum Gasteiger partial charge on any atom is 0.404 e. The average Bonchev–Trinajstić information content (AvgIpc) is 3.10. The van der Waals surface area contributed by atoms with Crippen LogP contribution in [-0.2, 0) is 4.74 Å². The molecule has 3 N–H and O–H groups in total. The average molecular weight is 446 g/mol. The van der Waals surface area contributed by atoms with Crippen LogP contribution in [0.2, 0.25) is 0 Å². The molecule has 32 heavy (non-hydrogen) atoms. The molecule has 0 bridgehead atoms. The van der Waals surface area contributed by atoms with Gasteiger partial charge in [-0.15, -0.1) is 0 Å². The predicted octanol–water partition coefficient (Wildman–Crippen LogP) is 6.46. The molecule has 4 aliphatic rings. The molecule has 182 valence electrons. The number of amides is 1. The molecule has 0 radical (unpaired) electrons. The van der Waals surface area contributed by atoms with E-state index in [1.807, 2.05) is 0 Å². The topological polar surface area (TPSA) is 72.6 Å². The second kappa shape index (κ2) is 9.31. The lowest BCUT2D eigenvalue weighted by Gasteiger charge is -2.58. The SMILES string of the molecule is CC(CCCC(C)[C@H]1CC[C@H]2[C@@H]3CC=C4C[C@@H](O)CC[C@]4(C)[C@H]3CC[C@]12C)COC(N)=O. The van der Waals surface area contributed by atoms with E-state index in [-0.39, 0.29) is 6.10 Å². The molecular weight excluding hydrogens is 398 g/mol. The molecule has 0 aliphatic heterocycles. The van der Waals surface area contributed by atoms with E-state index in [1.54, 1.807) is 5.57 Å². The van der Waals surface area contributed by atoms with Gasteiger partial charge in [0.25, 0.3) is 0 Å². The summed E-state index contributed by atoms with van der Waals surface area (Å²) in [5.41, 5.74) is 7.52. The highest BCUT2D eigenvalue weighted by atomic mass is 16.5. The molecule has 0 spiro atoms. The van der Waals surface area contributed by atoms with Crippen molar-refractivity contribution in [1.29, 1.82) is 0 Å². The molecule has 0 aromatic rings. The summed E-state index contributed by atoms with van der Waals surface area (Å²) < 4.78 is 4.97. The molecule has 0 aromatic carbocycles. The first kappa shape index (κ1) is 24.1. The van der Waals surface area contributed by atoms with Crippen LogP contribution in [0.3, 0.4) is 0 Å². The van der Waals surface area contributed by atoms with Crippen LogP contribution in [0.25, 0.3) is 0 Å². The number of nitrogens with two attached hydrogens (primary N) is 1. The Balaban J connectivity index is 1.37. The number of rotatable bonds is 7. The normalized spacial score (nSPS) is 42.8. The van der Waals surface area contributed by atoms with Crippen molar-refractivity contribution >= 4 is 6.09 Å². The van der Waals surface area contributed by atoms with Crippen LogP contribution < -0.4 is 5.73 Å². The molecule has 4 heteroatoms. The van der Waals surface area contributed by atoms with Gasteiger partial charge in [-0.1, -0.05) is 52.2 Å². The fraction of sp³-hybridized carbons (Fsp3) is 0.893. The molecule has 0 heterocycles. The second-order valence-corrected chi connectivity index (χ2v) is 12.5. The molecule has 9 atom stereocenters. The van der Waals surface area contributed by atoms with Gasteiger partial charge in [-0.3, -0.25) is 0 Å². The lowest BCUT2D eigenvalue weighted by atomic mass is 9.47. The third-order valence-corrected chi connectivity index (χ3v) is 10.7. The van der Waals surface area contributed by atoms with Crippen LogP contribution in [0, 0.1) is 46.3 Å². The number of ether oxygens (including phenoxy) is 1. The van der Waals surface area contributed by atoms with Gasteiger partial charge in [0.15, 0.2) is 0 Å². The van der Waals surface area contributed by atoms with E-state index < -0.39 is 6.09 Å². The van der Waals surface area contributed by atoms with Gasteiger partial charge in [0.05, 0.1) is 12.7 Å². The summed E-state index contributed by atoms with van der Waals surface area (Å²) in [4.78, 5) is 10.8. The van der Waals surface area contributed by atoms with Crippen LogP contribution in [0.4, 0.5) is 4.79 Å². The van der Waals surface area contributed by atoms with Crippen LogP contribution in [0.5, 0.6) is 0 Å². The Morgan fingerprint density at radius 1 is 1.16 bits per heavy atom. The van der Waals surface area contributed by atoms with E-state index in [2.05, 4.69) is 33.8 Å². The minimum Gasteiger partial charge on any atom is -0.449 e. The highest BCUT2D eigenvalue weighted by Crippen LogP contribution is 2.67. The van der Waals surface area contributed by atoms with Gasteiger partial charge in [0, 0.05) is 0 Å². The Morgan fingerprint density at radius 3 is 2.69 bits per heavy atom. The van der Waals surface area contributed by atoms with Gasteiger partial charge in [-0.2, -0.15) is 0 Å². The van der Waals surface area contributed by atoms with Crippen molar-refractivity contribution in [1.82, 2.24) is 0 Å². The van der Waals surface area contributed by atoms with Crippen molar-refractivity contribution in [2.45, 2.75) is 104 Å². The van der Waals surface area contributed by atoms with Gasteiger partial charge in [0.2, 0.25) is 0 Å². The van der Waals surface area contributed by atoms with E-state index in [0.29, 0.717) is 23.4 Å². The summed E-state index contributed by atoms with van der Waals surface area (Å²) in [6.45, 7) is 10.3. The number of allylic oxidation sites excluding steroid dienone is 1. The van der Waals surface area contributed by atoms with Crippen molar-refractivity contribution in [2.24, 2.45) is 52.1 Å². The second-order valence-electron chi connectivity index (χ2n) is 12.5. The Bertz CT molecular complexity index is 719. The minimum absolute atomic E-state index is 0.110. The molecule has 4 aliphatic carbocycles. The molecule has 4 rings (SSSR count). The predicted molar refractivity (Wildman–Crippen MR) is 129 cm³/mol. The van der Waals surface area contributed by atoms with Gasteiger partial charge in [0.1, 0.15) is 0 Å². The van der Waals surface area contributed by atoms with Gasteiger partial charge in [-0.05, 0) is 104 Å². The van der Waals surface area contributed by atoms with Crippen LogP contribution in [-0.4, -0.2) is 23.9 Å². The van der Waals surface area contributed by atoms with Crippen molar-refractivity contribution < 1.29 is 14.6 Å². The zero-order valence-electron chi connectivity index (χ0n) is 20.9. The van der Waals surface area contributed by atoms with Crippen molar-refractivity contribution in [3.63, 3.8) is 0 Å². The van der Waals surface area contributed by atoms with Crippen LogP contribution >= 0.6 is 0 Å². The summed E-state index contributed by atoms with van der Waals surface area (Å²) in [6, 6.07) is 0. The van der Waals surface area contributed by atoms with E-state index in [4.69, 9.17) is 10.5 Å². The highest BCUT2D eigenvalue weighted by Gasteiger charge is 2.59. The third-order valence-electron chi connectivity index (χ3n) is 10.7. The van der Waals surface area contributed by atoms with Gasteiger partial charge in [-0.25, -0.2) is 4.79 Å². The standard InChI is InChI=1S/C28H47NO3/c1-18(17-32-26(29)31)6-5-7-19(2)23-10-11-24-22-9-8-20-16-21(30)12-14-27(20,3)25(22)13-15-28(23,24)4/h8,18-19,21-25,30H,5-7,9-17H2,1-4H3,(H2,29,31)/t18?,19?,21-,22-,23+,24-,25-,27-,28+/m0/s1.